The number of halogens is 1. The van der Waals surface area contributed by atoms with Crippen LogP contribution in [0.15, 0.2) is 18.2 Å². The van der Waals surface area contributed by atoms with Gasteiger partial charge in [-0.25, -0.2) is 4.39 Å². The third-order valence-corrected chi connectivity index (χ3v) is 3.02. The van der Waals surface area contributed by atoms with Crippen molar-refractivity contribution in [2.45, 2.75) is 32.6 Å². The zero-order chi connectivity index (χ0) is 10.8. The van der Waals surface area contributed by atoms with Crippen LogP contribution in [-0.4, -0.2) is 6.54 Å². The zero-order valence-corrected chi connectivity index (χ0v) is 9.39. The molecule has 0 amide bonds. The van der Waals surface area contributed by atoms with E-state index in [1.165, 1.54) is 6.07 Å². The second-order valence-corrected chi connectivity index (χ2v) is 4.77. The Kier molecular flexibility index (Phi) is 2.94. The van der Waals surface area contributed by atoms with E-state index in [1.54, 1.807) is 6.07 Å². The average Bonchev–Trinajstić information content (AvgIpc) is 2.18. The molecule has 2 rings (SSSR count). The third kappa shape index (κ3) is 2.31. The first kappa shape index (κ1) is 10.5. The minimum Gasteiger partial charge on any atom is -0.385 e. The van der Waals surface area contributed by atoms with Crippen molar-refractivity contribution in [1.82, 2.24) is 0 Å². The Labute approximate surface area is 90.7 Å². The largest absolute Gasteiger partial charge is 0.385 e. The molecule has 82 valence electrons. The van der Waals surface area contributed by atoms with Gasteiger partial charge < -0.3 is 5.32 Å². The van der Waals surface area contributed by atoms with Gasteiger partial charge in [0, 0.05) is 12.2 Å². The molecule has 0 fully saturated rings. The van der Waals surface area contributed by atoms with Gasteiger partial charge in [0.2, 0.25) is 0 Å². The van der Waals surface area contributed by atoms with E-state index in [4.69, 9.17) is 0 Å². The Morgan fingerprint density at radius 2 is 2.27 bits per heavy atom. The average molecular weight is 207 g/mol. The Balaban J connectivity index is 2.28. The van der Waals surface area contributed by atoms with E-state index >= 15 is 0 Å². The molecule has 0 spiro atoms. The summed E-state index contributed by atoms with van der Waals surface area (Å²) in [6, 6.07) is 5.08. The van der Waals surface area contributed by atoms with E-state index in [9.17, 15) is 4.39 Å². The second kappa shape index (κ2) is 4.21. The molecular formula is C13H18FN. The lowest BCUT2D eigenvalue weighted by Gasteiger charge is -2.27. The van der Waals surface area contributed by atoms with Gasteiger partial charge in [0.25, 0.3) is 0 Å². The van der Waals surface area contributed by atoms with E-state index in [2.05, 4.69) is 19.2 Å². The lowest BCUT2D eigenvalue weighted by Crippen LogP contribution is -2.18. The Hall–Kier alpha value is -1.05. The first-order valence-corrected chi connectivity index (χ1v) is 5.70. The maximum atomic E-state index is 13.2. The van der Waals surface area contributed by atoms with Gasteiger partial charge in [-0.05, 0) is 48.4 Å². The molecule has 0 saturated heterocycles. The molecule has 0 aromatic heterocycles. The number of hydrogen-bond donors (Lipinski definition) is 1. The molecule has 1 atom stereocenters. The summed E-state index contributed by atoms with van der Waals surface area (Å²) in [7, 11) is 0. The van der Waals surface area contributed by atoms with Crippen molar-refractivity contribution in [3.8, 4) is 0 Å². The Morgan fingerprint density at radius 3 is 3.00 bits per heavy atom. The van der Waals surface area contributed by atoms with Crippen LogP contribution < -0.4 is 5.32 Å². The summed E-state index contributed by atoms with van der Waals surface area (Å²) in [6.45, 7) is 5.46. The molecule has 1 aromatic carbocycles. The molecule has 1 aromatic rings. The van der Waals surface area contributed by atoms with Crippen molar-refractivity contribution in [1.29, 1.82) is 0 Å². The van der Waals surface area contributed by atoms with E-state index in [0.717, 1.165) is 30.6 Å². The minimum absolute atomic E-state index is 0.119. The summed E-state index contributed by atoms with van der Waals surface area (Å²) in [6.07, 6.45) is 2.27. The monoisotopic (exact) mass is 207 g/mol. The molecule has 1 aliphatic rings. The number of anilines is 1. The fraction of sp³-hybridized carbons (Fsp3) is 0.538. The maximum Gasteiger partial charge on any atom is 0.123 e. The highest BCUT2D eigenvalue weighted by molar-refractivity contribution is 5.54. The van der Waals surface area contributed by atoms with Crippen LogP contribution in [0.2, 0.25) is 0 Å². The second-order valence-electron chi connectivity index (χ2n) is 4.77. The standard InChI is InChI=1S/C13H18FN/c1-9(2)7-10-5-6-15-13-4-3-11(14)8-12(10)13/h3-4,8-10,15H,5-7H2,1-2H3. The predicted molar refractivity (Wildman–Crippen MR) is 61.7 cm³/mol. The number of benzene rings is 1. The molecule has 0 radical (unpaired) electrons. The van der Waals surface area contributed by atoms with Gasteiger partial charge in [-0.3, -0.25) is 0 Å². The van der Waals surface area contributed by atoms with Crippen molar-refractivity contribution >= 4 is 5.69 Å². The van der Waals surface area contributed by atoms with Crippen LogP contribution in [-0.2, 0) is 0 Å². The van der Waals surface area contributed by atoms with Crippen LogP contribution in [0.5, 0.6) is 0 Å². The highest BCUT2D eigenvalue weighted by atomic mass is 19.1. The Bertz CT molecular complexity index is 346. The highest BCUT2D eigenvalue weighted by Gasteiger charge is 2.21. The predicted octanol–water partition coefficient (Wildman–Crippen LogP) is 3.77. The summed E-state index contributed by atoms with van der Waals surface area (Å²) in [5.41, 5.74) is 2.28. The van der Waals surface area contributed by atoms with E-state index in [0.29, 0.717) is 11.8 Å². The van der Waals surface area contributed by atoms with Crippen LogP contribution in [0.3, 0.4) is 0 Å². The summed E-state index contributed by atoms with van der Waals surface area (Å²) >= 11 is 0. The normalized spacial score (nSPS) is 19.9. The fourth-order valence-electron chi connectivity index (χ4n) is 2.38. The van der Waals surface area contributed by atoms with E-state index < -0.39 is 0 Å². The van der Waals surface area contributed by atoms with Gasteiger partial charge in [0.05, 0.1) is 0 Å². The molecule has 1 N–H and O–H groups in total. The van der Waals surface area contributed by atoms with Crippen LogP contribution >= 0.6 is 0 Å². The first-order chi connectivity index (χ1) is 7.16. The molecule has 1 heterocycles. The third-order valence-electron chi connectivity index (χ3n) is 3.02. The molecule has 1 unspecified atom stereocenters. The number of rotatable bonds is 2. The quantitative estimate of drug-likeness (QED) is 0.778. The summed E-state index contributed by atoms with van der Waals surface area (Å²) in [5, 5.41) is 3.33. The smallest absolute Gasteiger partial charge is 0.123 e. The topological polar surface area (TPSA) is 12.0 Å². The van der Waals surface area contributed by atoms with Crippen molar-refractivity contribution in [2.24, 2.45) is 5.92 Å². The van der Waals surface area contributed by atoms with Crippen molar-refractivity contribution < 1.29 is 4.39 Å². The minimum atomic E-state index is -0.119. The lowest BCUT2D eigenvalue weighted by molar-refractivity contribution is 0.475. The SMILES string of the molecule is CC(C)CC1CCNc2ccc(F)cc21. The van der Waals surface area contributed by atoms with E-state index in [-0.39, 0.29) is 5.82 Å². The zero-order valence-electron chi connectivity index (χ0n) is 9.39. The summed E-state index contributed by atoms with van der Waals surface area (Å²) in [5.74, 6) is 1.08. The molecule has 0 bridgehead atoms. The molecule has 15 heavy (non-hydrogen) atoms. The van der Waals surface area contributed by atoms with Crippen molar-refractivity contribution in [2.75, 3.05) is 11.9 Å². The van der Waals surface area contributed by atoms with Gasteiger partial charge in [-0.15, -0.1) is 0 Å². The van der Waals surface area contributed by atoms with Gasteiger partial charge in [-0.2, -0.15) is 0 Å². The molecule has 0 aliphatic carbocycles. The number of nitrogens with one attached hydrogen (secondary N) is 1. The highest BCUT2D eigenvalue weighted by Crippen LogP contribution is 2.35. The number of hydrogen-bond acceptors (Lipinski definition) is 1. The molecule has 2 heteroatoms. The maximum absolute atomic E-state index is 13.2. The molecule has 0 saturated carbocycles. The van der Waals surface area contributed by atoms with Crippen LogP contribution in [0.1, 0.15) is 38.2 Å². The molecular weight excluding hydrogens is 189 g/mol. The molecule has 1 aliphatic heterocycles. The van der Waals surface area contributed by atoms with Gasteiger partial charge in [-0.1, -0.05) is 13.8 Å². The summed E-state index contributed by atoms with van der Waals surface area (Å²) < 4.78 is 13.2. The van der Waals surface area contributed by atoms with Crippen LogP contribution in [0.25, 0.3) is 0 Å². The van der Waals surface area contributed by atoms with Crippen molar-refractivity contribution in [3.05, 3.63) is 29.6 Å². The van der Waals surface area contributed by atoms with Gasteiger partial charge in [0.1, 0.15) is 5.82 Å². The Morgan fingerprint density at radius 1 is 1.47 bits per heavy atom. The van der Waals surface area contributed by atoms with Crippen LogP contribution in [0.4, 0.5) is 10.1 Å². The molecule has 1 nitrogen and oxygen atoms in total. The van der Waals surface area contributed by atoms with E-state index in [1.807, 2.05) is 6.07 Å². The van der Waals surface area contributed by atoms with Gasteiger partial charge >= 0.3 is 0 Å². The first-order valence-electron chi connectivity index (χ1n) is 5.70. The lowest BCUT2D eigenvalue weighted by atomic mass is 9.85. The van der Waals surface area contributed by atoms with Crippen LogP contribution in [0, 0.1) is 11.7 Å². The number of fused-ring (bicyclic) bond motifs is 1. The van der Waals surface area contributed by atoms with Gasteiger partial charge in [0.15, 0.2) is 0 Å². The fourth-order valence-corrected chi connectivity index (χ4v) is 2.38. The van der Waals surface area contributed by atoms with Crippen molar-refractivity contribution in [3.63, 3.8) is 0 Å². The summed E-state index contributed by atoms with van der Waals surface area (Å²) in [4.78, 5) is 0.